The van der Waals surface area contributed by atoms with E-state index in [0.29, 0.717) is 5.82 Å². The average Bonchev–Trinajstić information content (AvgIpc) is 2.75. The van der Waals surface area contributed by atoms with Crippen LogP contribution in [0.25, 0.3) is 0 Å². The average molecular weight is 243 g/mol. The van der Waals surface area contributed by atoms with Crippen molar-refractivity contribution in [1.29, 1.82) is 0 Å². The Bertz CT molecular complexity index is 560. The summed E-state index contributed by atoms with van der Waals surface area (Å²) in [7, 11) is 2.08. The first-order valence-electron chi connectivity index (χ1n) is 6.15. The molecule has 5 nitrogen and oxygen atoms in total. The van der Waals surface area contributed by atoms with Gasteiger partial charge in [0.15, 0.2) is 0 Å². The molecule has 3 heterocycles. The molecule has 1 aliphatic rings. The van der Waals surface area contributed by atoms with Crippen LogP contribution < -0.4 is 5.73 Å². The molecule has 0 saturated carbocycles. The standard InChI is InChI=1S/C13H17N5/c1-17-5-2-3-10(17)7-18-6-4-11-12(8-18)15-9-16-13(11)14/h2-3,5,9H,4,6-8H2,1H3,(H2,14,15,16). The van der Waals surface area contributed by atoms with Crippen LogP contribution in [0.2, 0.25) is 0 Å². The Morgan fingerprint density at radius 3 is 3.06 bits per heavy atom. The molecule has 0 radical (unpaired) electrons. The van der Waals surface area contributed by atoms with Crippen molar-refractivity contribution < 1.29 is 0 Å². The van der Waals surface area contributed by atoms with Crippen molar-refractivity contribution in [3.05, 3.63) is 41.6 Å². The summed E-state index contributed by atoms with van der Waals surface area (Å²) < 4.78 is 2.16. The van der Waals surface area contributed by atoms with Crippen LogP contribution in [0.15, 0.2) is 24.7 Å². The molecule has 0 amide bonds. The second-order valence-corrected chi connectivity index (χ2v) is 4.76. The van der Waals surface area contributed by atoms with Gasteiger partial charge in [-0.3, -0.25) is 4.90 Å². The van der Waals surface area contributed by atoms with Crippen LogP contribution in [0.3, 0.4) is 0 Å². The molecule has 2 aromatic rings. The SMILES string of the molecule is Cn1cccc1CN1CCc2c(N)ncnc2C1. The van der Waals surface area contributed by atoms with Gasteiger partial charge in [-0.15, -0.1) is 0 Å². The Balaban J connectivity index is 1.77. The lowest BCUT2D eigenvalue weighted by Crippen LogP contribution is -2.32. The zero-order chi connectivity index (χ0) is 12.5. The fourth-order valence-corrected chi connectivity index (χ4v) is 2.46. The first kappa shape index (κ1) is 11.2. The maximum Gasteiger partial charge on any atom is 0.130 e. The molecule has 0 bridgehead atoms. The highest BCUT2D eigenvalue weighted by atomic mass is 15.2. The van der Waals surface area contributed by atoms with Crippen molar-refractivity contribution in [3.8, 4) is 0 Å². The molecule has 0 fully saturated rings. The molecule has 0 aliphatic carbocycles. The lowest BCUT2D eigenvalue weighted by atomic mass is 10.1. The monoisotopic (exact) mass is 243 g/mol. The van der Waals surface area contributed by atoms with Gasteiger partial charge in [0.05, 0.1) is 5.69 Å². The summed E-state index contributed by atoms with van der Waals surface area (Å²) in [6, 6.07) is 4.23. The molecule has 0 unspecified atom stereocenters. The highest BCUT2D eigenvalue weighted by Gasteiger charge is 2.20. The highest BCUT2D eigenvalue weighted by Crippen LogP contribution is 2.21. The minimum atomic E-state index is 0.638. The summed E-state index contributed by atoms with van der Waals surface area (Å²) in [6.45, 7) is 2.82. The van der Waals surface area contributed by atoms with E-state index in [9.17, 15) is 0 Å². The van der Waals surface area contributed by atoms with Gasteiger partial charge >= 0.3 is 0 Å². The third kappa shape index (κ3) is 1.97. The van der Waals surface area contributed by atoms with Gasteiger partial charge in [0.2, 0.25) is 0 Å². The Morgan fingerprint density at radius 2 is 2.28 bits per heavy atom. The third-order valence-electron chi connectivity index (χ3n) is 3.56. The molecular weight excluding hydrogens is 226 g/mol. The van der Waals surface area contributed by atoms with Crippen molar-refractivity contribution in [2.75, 3.05) is 12.3 Å². The fraction of sp³-hybridized carbons (Fsp3) is 0.385. The van der Waals surface area contributed by atoms with E-state index in [4.69, 9.17) is 5.73 Å². The lowest BCUT2D eigenvalue weighted by Gasteiger charge is -2.28. The summed E-state index contributed by atoms with van der Waals surface area (Å²) in [5.74, 6) is 0.638. The van der Waals surface area contributed by atoms with Gasteiger partial charge in [-0.05, 0) is 18.6 Å². The third-order valence-corrected chi connectivity index (χ3v) is 3.56. The molecule has 2 N–H and O–H groups in total. The molecule has 0 atom stereocenters. The van der Waals surface area contributed by atoms with Gasteiger partial charge < -0.3 is 10.3 Å². The van der Waals surface area contributed by atoms with Gasteiger partial charge in [0.25, 0.3) is 0 Å². The molecule has 0 saturated heterocycles. The van der Waals surface area contributed by atoms with E-state index >= 15 is 0 Å². The van der Waals surface area contributed by atoms with E-state index in [1.54, 1.807) is 6.33 Å². The smallest absolute Gasteiger partial charge is 0.130 e. The molecule has 5 heteroatoms. The molecule has 0 spiro atoms. The maximum absolute atomic E-state index is 5.87. The maximum atomic E-state index is 5.87. The minimum absolute atomic E-state index is 0.638. The van der Waals surface area contributed by atoms with Crippen molar-refractivity contribution in [3.63, 3.8) is 0 Å². The predicted molar refractivity (Wildman–Crippen MR) is 69.7 cm³/mol. The largest absolute Gasteiger partial charge is 0.383 e. The Hall–Kier alpha value is -1.88. The van der Waals surface area contributed by atoms with Crippen LogP contribution in [0.4, 0.5) is 5.82 Å². The number of anilines is 1. The highest BCUT2D eigenvalue weighted by molar-refractivity contribution is 5.42. The summed E-state index contributed by atoms with van der Waals surface area (Å²) in [6.07, 6.45) is 4.57. The number of nitrogens with two attached hydrogens (primary N) is 1. The molecule has 3 rings (SSSR count). The summed E-state index contributed by atoms with van der Waals surface area (Å²) >= 11 is 0. The van der Waals surface area contributed by atoms with Gasteiger partial charge in [-0.1, -0.05) is 0 Å². The van der Waals surface area contributed by atoms with E-state index in [0.717, 1.165) is 37.3 Å². The number of nitrogens with zero attached hydrogens (tertiary/aromatic N) is 4. The number of hydrogen-bond acceptors (Lipinski definition) is 4. The van der Waals surface area contributed by atoms with Crippen molar-refractivity contribution >= 4 is 5.82 Å². The van der Waals surface area contributed by atoms with Crippen LogP contribution in [-0.2, 0) is 26.6 Å². The van der Waals surface area contributed by atoms with Crippen molar-refractivity contribution in [2.45, 2.75) is 19.5 Å². The Kier molecular flexibility index (Phi) is 2.76. The molecule has 2 aromatic heterocycles. The van der Waals surface area contributed by atoms with E-state index in [1.165, 1.54) is 5.69 Å². The minimum Gasteiger partial charge on any atom is -0.383 e. The first-order chi connectivity index (χ1) is 8.74. The molecular formula is C13H17N5. The molecule has 94 valence electrons. The van der Waals surface area contributed by atoms with Crippen LogP contribution in [0.5, 0.6) is 0 Å². The predicted octanol–water partition coefficient (Wildman–Crippen LogP) is 0.956. The van der Waals surface area contributed by atoms with E-state index in [1.807, 2.05) is 0 Å². The van der Waals surface area contributed by atoms with Crippen LogP contribution >= 0.6 is 0 Å². The van der Waals surface area contributed by atoms with Crippen molar-refractivity contribution in [2.24, 2.45) is 7.05 Å². The quantitative estimate of drug-likeness (QED) is 0.853. The van der Waals surface area contributed by atoms with Gasteiger partial charge in [-0.2, -0.15) is 0 Å². The summed E-state index contributed by atoms with van der Waals surface area (Å²) in [5.41, 5.74) is 9.39. The van der Waals surface area contributed by atoms with Crippen molar-refractivity contribution in [1.82, 2.24) is 19.4 Å². The Labute approximate surface area is 106 Å². The number of fused-ring (bicyclic) bond motifs is 1. The fourth-order valence-electron chi connectivity index (χ4n) is 2.46. The number of aryl methyl sites for hydroxylation is 1. The van der Waals surface area contributed by atoms with Crippen LogP contribution in [-0.4, -0.2) is 26.0 Å². The number of hydrogen-bond donors (Lipinski definition) is 1. The molecule has 18 heavy (non-hydrogen) atoms. The topological polar surface area (TPSA) is 60.0 Å². The summed E-state index contributed by atoms with van der Waals surface area (Å²) in [4.78, 5) is 10.8. The van der Waals surface area contributed by atoms with Gasteiger partial charge in [0.1, 0.15) is 12.1 Å². The normalized spacial score (nSPS) is 15.6. The summed E-state index contributed by atoms with van der Waals surface area (Å²) in [5, 5.41) is 0. The number of aromatic nitrogens is 3. The zero-order valence-corrected chi connectivity index (χ0v) is 10.5. The lowest BCUT2D eigenvalue weighted by molar-refractivity contribution is 0.236. The second-order valence-electron chi connectivity index (χ2n) is 4.76. The Morgan fingerprint density at radius 1 is 1.39 bits per heavy atom. The van der Waals surface area contributed by atoms with E-state index in [-0.39, 0.29) is 0 Å². The van der Waals surface area contributed by atoms with Gasteiger partial charge in [-0.25, -0.2) is 9.97 Å². The van der Waals surface area contributed by atoms with Crippen LogP contribution in [0.1, 0.15) is 17.0 Å². The second kappa shape index (κ2) is 4.42. The van der Waals surface area contributed by atoms with Crippen LogP contribution in [0, 0.1) is 0 Å². The number of rotatable bonds is 2. The van der Waals surface area contributed by atoms with Gasteiger partial charge in [0, 0.05) is 44.1 Å². The molecule has 0 aromatic carbocycles. The van der Waals surface area contributed by atoms with E-state index < -0.39 is 0 Å². The first-order valence-corrected chi connectivity index (χ1v) is 6.15. The zero-order valence-electron chi connectivity index (χ0n) is 10.5. The van der Waals surface area contributed by atoms with E-state index in [2.05, 4.69) is 44.8 Å². The number of nitrogen functional groups attached to an aromatic ring is 1. The molecule has 1 aliphatic heterocycles.